The van der Waals surface area contributed by atoms with E-state index in [1.807, 2.05) is 4.90 Å². The van der Waals surface area contributed by atoms with Crippen LogP contribution in [0.5, 0.6) is 0 Å². The number of nitrogens with zero attached hydrogens (tertiary/aromatic N) is 1. The number of anilines is 1. The van der Waals surface area contributed by atoms with Gasteiger partial charge in [0.25, 0.3) is 5.91 Å². The molecule has 1 aromatic rings. The van der Waals surface area contributed by atoms with Gasteiger partial charge in [-0.25, -0.2) is 4.39 Å². The van der Waals surface area contributed by atoms with Crippen LogP contribution in [-0.2, 0) is 4.74 Å². The number of ether oxygens (including phenoxy) is 1. The molecule has 1 aliphatic heterocycles. The summed E-state index contributed by atoms with van der Waals surface area (Å²) in [6.45, 7) is 3.79. The zero-order valence-corrected chi connectivity index (χ0v) is 12.3. The van der Waals surface area contributed by atoms with Crippen LogP contribution < -0.4 is 5.73 Å². The first-order valence-corrected chi connectivity index (χ1v) is 7.50. The minimum Gasteiger partial charge on any atom is -0.398 e. The van der Waals surface area contributed by atoms with E-state index in [1.165, 1.54) is 6.07 Å². The van der Waals surface area contributed by atoms with Gasteiger partial charge in [0, 0.05) is 41.9 Å². The molecule has 1 heterocycles. The van der Waals surface area contributed by atoms with E-state index in [-0.39, 0.29) is 5.91 Å². The van der Waals surface area contributed by atoms with Crippen molar-refractivity contribution in [3.63, 3.8) is 0 Å². The van der Waals surface area contributed by atoms with Crippen molar-refractivity contribution in [1.29, 1.82) is 0 Å². The van der Waals surface area contributed by atoms with Gasteiger partial charge in [-0.1, -0.05) is 0 Å². The van der Waals surface area contributed by atoms with Crippen molar-refractivity contribution in [1.82, 2.24) is 4.90 Å². The van der Waals surface area contributed by atoms with E-state index in [4.69, 9.17) is 10.5 Å². The molecular weight excluding hydrogens is 271 g/mol. The molecule has 21 heavy (non-hydrogen) atoms. The van der Waals surface area contributed by atoms with Crippen LogP contribution in [0.1, 0.15) is 35.2 Å². The highest BCUT2D eigenvalue weighted by Gasteiger charge is 2.35. The molecule has 2 N–H and O–H groups in total. The topological polar surface area (TPSA) is 55.6 Å². The number of rotatable bonds is 4. The fourth-order valence-electron chi connectivity index (χ4n) is 2.78. The average Bonchev–Trinajstić information content (AvgIpc) is 3.17. The van der Waals surface area contributed by atoms with Crippen LogP contribution in [0.25, 0.3) is 0 Å². The van der Waals surface area contributed by atoms with Crippen molar-refractivity contribution in [2.75, 3.05) is 25.5 Å². The molecule has 0 aromatic heterocycles. The molecule has 5 heteroatoms. The molecule has 114 valence electrons. The lowest BCUT2D eigenvalue weighted by atomic mass is 10.1. The monoisotopic (exact) mass is 292 g/mol. The molecule has 2 fully saturated rings. The molecule has 1 saturated carbocycles. The summed E-state index contributed by atoms with van der Waals surface area (Å²) in [4.78, 5) is 14.6. The number of hydrogen-bond donors (Lipinski definition) is 1. The number of carbonyl (C=O) groups is 1. The zero-order chi connectivity index (χ0) is 15.0. The summed E-state index contributed by atoms with van der Waals surface area (Å²) in [5.41, 5.74) is 6.86. The first-order chi connectivity index (χ1) is 10.1. The molecule has 2 aliphatic rings. The Morgan fingerprint density at radius 2 is 2.19 bits per heavy atom. The highest BCUT2D eigenvalue weighted by molar-refractivity contribution is 5.95. The van der Waals surface area contributed by atoms with Crippen LogP contribution in [0, 0.1) is 18.7 Å². The molecule has 0 bridgehead atoms. The van der Waals surface area contributed by atoms with Gasteiger partial charge in [-0.3, -0.25) is 4.79 Å². The van der Waals surface area contributed by atoms with Crippen molar-refractivity contribution in [2.45, 2.75) is 32.2 Å². The van der Waals surface area contributed by atoms with Gasteiger partial charge in [0.05, 0.1) is 6.61 Å². The quantitative estimate of drug-likeness (QED) is 0.867. The summed E-state index contributed by atoms with van der Waals surface area (Å²) < 4.78 is 19.2. The first-order valence-electron chi connectivity index (χ1n) is 7.50. The lowest BCUT2D eigenvalue weighted by Crippen LogP contribution is -2.37. The third kappa shape index (κ3) is 3.02. The molecule has 1 saturated heterocycles. The number of carbonyl (C=O) groups excluding carboxylic acids is 1. The molecule has 1 aromatic carbocycles. The van der Waals surface area contributed by atoms with Crippen LogP contribution in [-0.4, -0.2) is 36.6 Å². The smallest absolute Gasteiger partial charge is 0.254 e. The first kappa shape index (κ1) is 14.3. The molecular formula is C16H21FN2O2. The minimum atomic E-state index is -0.418. The van der Waals surface area contributed by atoms with Gasteiger partial charge >= 0.3 is 0 Å². The van der Waals surface area contributed by atoms with E-state index in [9.17, 15) is 9.18 Å². The van der Waals surface area contributed by atoms with E-state index >= 15 is 0 Å². The number of halogens is 1. The Morgan fingerprint density at radius 1 is 1.43 bits per heavy atom. The second-order valence-electron chi connectivity index (χ2n) is 6.09. The maximum Gasteiger partial charge on any atom is 0.254 e. The van der Waals surface area contributed by atoms with E-state index < -0.39 is 5.82 Å². The fourth-order valence-corrected chi connectivity index (χ4v) is 2.78. The number of amides is 1. The van der Waals surface area contributed by atoms with Crippen LogP contribution in [0.2, 0.25) is 0 Å². The van der Waals surface area contributed by atoms with Crippen molar-refractivity contribution in [3.05, 3.63) is 29.1 Å². The van der Waals surface area contributed by atoms with Gasteiger partial charge < -0.3 is 15.4 Å². The van der Waals surface area contributed by atoms with Crippen molar-refractivity contribution < 1.29 is 13.9 Å². The molecule has 0 spiro atoms. The standard InChI is InChI=1S/C16H21FN2O2/c1-10-14(17)6-12(7-15(10)18)16(20)19(13-2-3-13)8-11-4-5-21-9-11/h6-7,11,13H,2-5,8-9,18H2,1H3. The Hall–Kier alpha value is -1.62. The Kier molecular flexibility index (Phi) is 3.85. The predicted octanol–water partition coefficient (Wildman–Crippen LogP) is 2.36. The van der Waals surface area contributed by atoms with Gasteiger partial charge in [-0.2, -0.15) is 0 Å². The maximum atomic E-state index is 13.8. The van der Waals surface area contributed by atoms with E-state index in [2.05, 4.69) is 0 Å². The Morgan fingerprint density at radius 3 is 2.76 bits per heavy atom. The molecule has 1 atom stereocenters. The normalized spacial score (nSPS) is 21.5. The summed E-state index contributed by atoms with van der Waals surface area (Å²) in [5, 5.41) is 0. The van der Waals surface area contributed by atoms with Gasteiger partial charge in [-0.15, -0.1) is 0 Å². The maximum absolute atomic E-state index is 13.8. The predicted molar refractivity (Wildman–Crippen MR) is 78.5 cm³/mol. The summed E-state index contributed by atoms with van der Waals surface area (Å²) in [7, 11) is 0. The Labute approximate surface area is 124 Å². The van der Waals surface area contributed by atoms with Crippen LogP contribution in [0.4, 0.5) is 10.1 Å². The summed E-state index contributed by atoms with van der Waals surface area (Å²) >= 11 is 0. The number of nitrogens with two attached hydrogens (primary N) is 1. The molecule has 3 rings (SSSR count). The Balaban J connectivity index is 1.80. The van der Waals surface area contributed by atoms with Crippen molar-refractivity contribution in [2.24, 2.45) is 5.92 Å². The zero-order valence-electron chi connectivity index (χ0n) is 12.3. The minimum absolute atomic E-state index is 0.116. The van der Waals surface area contributed by atoms with Gasteiger partial charge in [0.1, 0.15) is 5.82 Å². The van der Waals surface area contributed by atoms with Crippen LogP contribution in [0.15, 0.2) is 12.1 Å². The van der Waals surface area contributed by atoms with E-state index in [0.717, 1.165) is 25.9 Å². The van der Waals surface area contributed by atoms with Crippen LogP contribution >= 0.6 is 0 Å². The highest BCUT2D eigenvalue weighted by atomic mass is 19.1. The van der Waals surface area contributed by atoms with Gasteiger partial charge in [-0.05, 0) is 38.3 Å². The van der Waals surface area contributed by atoms with E-state index in [0.29, 0.717) is 41.9 Å². The third-order valence-electron chi connectivity index (χ3n) is 4.36. The SMILES string of the molecule is Cc1c(N)cc(C(=O)N(CC2CCOC2)C2CC2)cc1F. The Bertz CT molecular complexity index is 528. The second kappa shape index (κ2) is 5.64. The number of nitrogen functional groups attached to an aromatic ring is 1. The molecule has 1 unspecified atom stereocenters. The average molecular weight is 292 g/mol. The largest absolute Gasteiger partial charge is 0.398 e. The van der Waals surface area contributed by atoms with Crippen molar-refractivity contribution in [3.8, 4) is 0 Å². The lowest BCUT2D eigenvalue weighted by Gasteiger charge is -2.25. The number of benzene rings is 1. The molecule has 4 nitrogen and oxygen atoms in total. The van der Waals surface area contributed by atoms with Gasteiger partial charge in [0.2, 0.25) is 0 Å². The van der Waals surface area contributed by atoms with Gasteiger partial charge in [0.15, 0.2) is 0 Å². The molecule has 1 aliphatic carbocycles. The second-order valence-corrected chi connectivity index (χ2v) is 6.09. The fraction of sp³-hybridized carbons (Fsp3) is 0.562. The van der Waals surface area contributed by atoms with Crippen molar-refractivity contribution >= 4 is 11.6 Å². The summed E-state index contributed by atoms with van der Waals surface area (Å²) in [6.07, 6.45) is 3.05. The molecule has 1 amide bonds. The van der Waals surface area contributed by atoms with E-state index in [1.54, 1.807) is 13.0 Å². The number of hydrogen-bond acceptors (Lipinski definition) is 3. The summed E-state index contributed by atoms with van der Waals surface area (Å²) in [6, 6.07) is 3.18. The lowest BCUT2D eigenvalue weighted by molar-refractivity contribution is 0.0706. The third-order valence-corrected chi connectivity index (χ3v) is 4.36. The highest BCUT2D eigenvalue weighted by Crippen LogP contribution is 2.31. The molecule has 0 radical (unpaired) electrons. The van der Waals surface area contributed by atoms with Crippen LogP contribution in [0.3, 0.4) is 0 Å². The summed E-state index contributed by atoms with van der Waals surface area (Å²) in [5.74, 6) is -0.143.